The van der Waals surface area contributed by atoms with E-state index in [0.717, 1.165) is 36.2 Å². The summed E-state index contributed by atoms with van der Waals surface area (Å²) < 4.78 is 6.30. The molecule has 0 N–H and O–H groups in total. The summed E-state index contributed by atoms with van der Waals surface area (Å²) in [4.78, 5) is 13.9. The fourth-order valence-electron chi connectivity index (χ4n) is 2.01. The van der Waals surface area contributed by atoms with Gasteiger partial charge in [-0.3, -0.25) is 4.79 Å². The molecule has 4 heteroatoms. The number of rotatable bonds is 3. The van der Waals surface area contributed by atoms with Gasteiger partial charge in [-0.05, 0) is 30.7 Å². The fraction of sp³-hybridized carbons (Fsp3) is 0.462. The maximum Gasteiger partial charge on any atom is 0.253 e. The van der Waals surface area contributed by atoms with Gasteiger partial charge >= 0.3 is 0 Å². The minimum Gasteiger partial charge on any atom is -0.381 e. The highest BCUT2D eigenvalue weighted by atomic mass is 79.9. The van der Waals surface area contributed by atoms with Crippen LogP contribution in [0.15, 0.2) is 28.7 Å². The van der Waals surface area contributed by atoms with E-state index in [1.807, 2.05) is 31.3 Å². The molecule has 1 aromatic rings. The first kappa shape index (κ1) is 12.6. The average molecular weight is 298 g/mol. The van der Waals surface area contributed by atoms with Gasteiger partial charge in [0, 0.05) is 36.2 Å². The van der Waals surface area contributed by atoms with Gasteiger partial charge < -0.3 is 9.64 Å². The predicted octanol–water partition coefficient (Wildman–Crippen LogP) is 2.56. The molecule has 92 valence electrons. The van der Waals surface area contributed by atoms with Crippen LogP contribution in [0.3, 0.4) is 0 Å². The van der Waals surface area contributed by atoms with E-state index >= 15 is 0 Å². The van der Waals surface area contributed by atoms with Crippen LogP contribution in [0.1, 0.15) is 16.8 Å². The minimum absolute atomic E-state index is 0.0735. The van der Waals surface area contributed by atoms with Gasteiger partial charge in [0.25, 0.3) is 5.91 Å². The maximum absolute atomic E-state index is 12.1. The van der Waals surface area contributed by atoms with Crippen LogP contribution in [-0.4, -0.2) is 37.6 Å². The van der Waals surface area contributed by atoms with Crippen LogP contribution < -0.4 is 0 Å². The van der Waals surface area contributed by atoms with Gasteiger partial charge in [0.05, 0.1) is 6.61 Å². The molecule has 2 rings (SSSR count). The molecule has 1 amide bonds. The van der Waals surface area contributed by atoms with Crippen LogP contribution in [0.25, 0.3) is 0 Å². The van der Waals surface area contributed by atoms with E-state index in [9.17, 15) is 4.79 Å². The van der Waals surface area contributed by atoms with Crippen molar-refractivity contribution in [2.45, 2.75) is 6.42 Å². The number of hydrogen-bond acceptors (Lipinski definition) is 2. The first-order chi connectivity index (χ1) is 8.16. The monoisotopic (exact) mass is 297 g/mol. The van der Waals surface area contributed by atoms with Crippen molar-refractivity contribution in [3.05, 3.63) is 34.3 Å². The summed E-state index contributed by atoms with van der Waals surface area (Å²) in [7, 11) is 1.85. The van der Waals surface area contributed by atoms with Crippen molar-refractivity contribution in [3.63, 3.8) is 0 Å². The Hall–Kier alpha value is -0.870. The Morgan fingerprint density at radius 3 is 2.76 bits per heavy atom. The second-order valence-corrected chi connectivity index (χ2v) is 5.34. The van der Waals surface area contributed by atoms with Crippen LogP contribution in [0.2, 0.25) is 0 Å². The van der Waals surface area contributed by atoms with Crippen molar-refractivity contribution in [2.24, 2.45) is 5.92 Å². The molecule has 0 radical (unpaired) electrons. The van der Waals surface area contributed by atoms with Crippen molar-refractivity contribution >= 4 is 21.8 Å². The van der Waals surface area contributed by atoms with E-state index in [-0.39, 0.29) is 5.91 Å². The van der Waals surface area contributed by atoms with E-state index in [1.54, 1.807) is 4.90 Å². The standard InChI is InChI=1S/C13H16BrNO2/c1-15(8-10-6-7-17-9-10)13(16)11-2-4-12(14)5-3-11/h2-5,10H,6-9H2,1H3/t10-/m0/s1. The van der Waals surface area contributed by atoms with Gasteiger partial charge in [-0.1, -0.05) is 15.9 Å². The van der Waals surface area contributed by atoms with Crippen LogP contribution in [-0.2, 0) is 4.74 Å². The van der Waals surface area contributed by atoms with Gasteiger partial charge in [0.2, 0.25) is 0 Å². The lowest BCUT2D eigenvalue weighted by atomic mass is 10.1. The van der Waals surface area contributed by atoms with Gasteiger partial charge in [0.15, 0.2) is 0 Å². The number of halogens is 1. The van der Waals surface area contributed by atoms with Gasteiger partial charge in [-0.25, -0.2) is 0 Å². The first-order valence-corrected chi connectivity index (χ1v) is 6.55. The Morgan fingerprint density at radius 2 is 2.18 bits per heavy atom. The fourth-order valence-corrected chi connectivity index (χ4v) is 2.27. The molecule has 3 nitrogen and oxygen atoms in total. The number of benzene rings is 1. The molecular formula is C13H16BrNO2. The Labute approximate surface area is 110 Å². The number of ether oxygens (including phenoxy) is 1. The number of carbonyl (C=O) groups excluding carboxylic acids is 1. The quantitative estimate of drug-likeness (QED) is 0.858. The molecule has 1 heterocycles. The van der Waals surface area contributed by atoms with E-state index in [1.165, 1.54) is 0 Å². The zero-order valence-corrected chi connectivity index (χ0v) is 11.4. The second kappa shape index (κ2) is 5.65. The lowest BCUT2D eigenvalue weighted by Crippen LogP contribution is -2.32. The third-order valence-electron chi connectivity index (χ3n) is 2.99. The highest BCUT2D eigenvalue weighted by molar-refractivity contribution is 9.10. The smallest absolute Gasteiger partial charge is 0.253 e. The number of nitrogens with zero attached hydrogens (tertiary/aromatic N) is 1. The molecule has 1 fully saturated rings. The first-order valence-electron chi connectivity index (χ1n) is 5.75. The van der Waals surface area contributed by atoms with Gasteiger partial charge in [-0.15, -0.1) is 0 Å². The summed E-state index contributed by atoms with van der Waals surface area (Å²) in [6.45, 7) is 2.37. The highest BCUT2D eigenvalue weighted by Crippen LogP contribution is 2.16. The number of hydrogen-bond donors (Lipinski definition) is 0. The average Bonchev–Trinajstić information content (AvgIpc) is 2.82. The third-order valence-corrected chi connectivity index (χ3v) is 3.52. The van der Waals surface area contributed by atoms with E-state index < -0.39 is 0 Å². The van der Waals surface area contributed by atoms with Gasteiger partial charge in [0.1, 0.15) is 0 Å². The number of carbonyl (C=O) groups is 1. The van der Waals surface area contributed by atoms with Gasteiger partial charge in [-0.2, -0.15) is 0 Å². The normalized spacial score (nSPS) is 19.3. The molecule has 0 unspecified atom stereocenters. The molecule has 1 aromatic carbocycles. The van der Waals surface area contributed by atoms with E-state index in [0.29, 0.717) is 5.92 Å². The Balaban J connectivity index is 1.96. The molecule has 0 saturated carbocycles. The number of amides is 1. The zero-order valence-electron chi connectivity index (χ0n) is 9.86. The summed E-state index contributed by atoms with van der Waals surface area (Å²) >= 11 is 3.36. The molecule has 0 aromatic heterocycles. The second-order valence-electron chi connectivity index (χ2n) is 4.42. The van der Waals surface area contributed by atoms with E-state index in [2.05, 4.69) is 15.9 Å². The molecule has 0 bridgehead atoms. The summed E-state index contributed by atoms with van der Waals surface area (Å²) in [5.74, 6) is 0.559. The third kappa shape index (κ3) is 3.30. The largest absolute Gasteiger partial charge is 0.381 e. The molecule has 1 saturated heterocycles. The van der Waals surface area contributed by atoms with Crippen LogP contribution in [0, 0.1) is 5.92 Å². The molecule has 17 heavy (non-hydrogen) atoms. The molecule has 0 spiro atoms. The van der Waals surface area contributed by atoms with E-state index in [4.69, 9.17) is 4.74 Å². The molecular weight excluding hydrogens is 282 g/mol. The maximum atomic E-state index is 12.1. The van der Waals surface area contributed by atoms with Crippen LogP contribution in [0.5, 0.6) is 0 Å². The predicted molar refractivity (Wildman–Crippen MR) is 70.0 cm³/mol. The molecule has 0 aliphatic carbocycles. The minimum atomic E-state index is 0.0735. The van der Waals surface area contributed by atoms with Crippen molar-refractivity contribution < 1.29 is 9.53 Å². The van der Waals surface area contributed by atoms with Crippen LogP contribution in [0.4, 0.5) is 0 Å². The zero-order chi connectivity index (χ0) is 12.3. The summed E-state index contributed by atoms with van der Waals surface area (Å²) in [6.07, 6.45) is 1.05. The topological polar surface area (TPSA) is 29.5 Å². The molecule has 1 aliphatic heterocycles. The lowest BCUT2D eigenvalue weighted by molar-refractivity contribution is 0.0766. The van der Waals surface area contributed by atoms with Crippen molar-refractivity contribution in [2.75, 3.05) is 26.8 Å². The van der Waals surface area contributed by atoms with Crippen LogP contribution >= 0.6 is 15.9 Å². The lowest BCUT2D eigenvalue weighted by Gasteiger charge is -2.20. The Kier molecular flexibility index (Phi) is 4.18. The SMILES string of the molecule is CN(C[C@@H]1CCOC1)C(=O)c1ccc(Br)cc1. The summed E-state index contributed by atoms with van der Waals surface area (Å²) in [5, 5.41) is 0. The molecule has 1 aliphatic rings. The molecule has 1 atom stereocenters. The van der Waals surface area contributed by atoms with Crippen molar-refractivity contribution in [1.29, 1.82) is 0 Å². The Morgan fingerprint density at radius 1 is 1.47 bits per heavy atom. The summed E-state index contributed by atoms with van der Waals surface area (Å²) in [5.41, 5.74) is 0.731. The van der Waals surface area contributed by atoms with Crippen molar-refractivity contribution in [3.8, 4) is 0 Å². The Bertz CT molecular complexity index is 385. The van der Waals surface area contributed by atoms with Crippen molar-refractivity contribution in [1.82, 2.24) is 4.90 Å². The highest BCUT2D eigenvalue weighted by Gasteiger charge is 2.20. The summed E-state index contributed by atoms with van der Waals surface area (Å²) in [6, 6.07) is 7.46.